The molecule has 1 atom stereocenters. The first kappa shape index (κ1) is 33.8. The van der Waals surface area contributed by atoms with Gasteiger partial charge >= 0.3 is 12.1 Å². The van der Waals surface area contributed by atoms with Crippen LogP contribution in [0.5, 0.6) is 0 Å². The normalized spacial score (nSPS) is 22.5. The molecule has 4 amide bonds. The van der Waals surface area contributed by atoms with Gasteiger partial charge in [-0.05, 0) is 119 Å². The number of rotatable bonds is 7. The van der Waals surface area contributed by atoms with Gasteiger partial charge in [-0.15, -0.1) is 0 Å². The summed E-state index contributed by atoms with van der Waals surface area (Å²) in [5.41, 5.74) is 2.93. The van der Waals surface area contributed by atoms with Crippen LogP contribution in [-0.4, -0.2) is 126 Å². The van der Waals surface area contributed by atoms with Crippen molar-refractivity contribution in [3.63, 3.8) is 0 Å². The van der Waals surface area contributed by atoms with Gasteiger partial charge < -0.3 is 29.7 Å². The van der Waals surface area contributed by atoms with Gasteiger partial charge in [-0.1, -0.05) is 24.3 Å². The average Bonchev–Trinajstić information content (AvgIpc) is 3.97. The van der Waals surface area contributed by atoms with Crippen LogP contribution in [-0.2, 0) is 22.4 Å². The number of piperazine rings is 1. The van der Waals surface area contributed by atoms with Crippen molar-refractivity contribution >= 4 is 55.6 Å². The number of benzene rings is 2. The van der Waals surface area contributed by atoms with Crippen LogP contribution >= 0.6 is 31.9 Å². The lowest BCUT2D eigenvalue weighted by Gasteiger charge is -2.43. The molecule has 0 bridgehead atoms. The van der Waals surface area contributed by atoms with E-state index in [0.717, 1.165) is 51.3 Å². The van der Waals surface area contributed by atoms with Crippen molar-refractivity contribution in [2.75, 3.05) is 64.2 Å². The molecular weight excluding hydrogens is 740 g/mol. The Morgan fingerprint density at radius 2 is 1.42 bits per heavy atom. The van der Waals surface area contributed by atoms with E-state index in [2.05, 4.69) is 53.0 Å². The summed E-state index contributed by atoms with van der Waals surface area (Å²) in [6, 6.07) is 15.2. The third-order valence-corrected chi connectivity index (χ3v) is 12.8. The molecule has 0 radical (unpaired) electrons. The van der Waals surface area contributed by atoms with Crippen molar-refractivity contribution in [2.24, 2.45) is 0 Å². The number of anilines is 1. The fourth-order valence-electron chi connectivity index (χ4n) is 7.92. The molecule has 2 aromatic rings. The number of hydrogen-bond acceptors (Lipinski definition) is 6. The van der Waals surface area contributed by atoms with Crippen LogP contribution < -0.4 is 5.32 Å². The molecule has 0 aromatic heterocycles. The monoisotopic (exact) mass is 784 g/mol. The molecule has 258 valence electrons. The van der Waals surface area contributed by atoms with Crippen LogP contribution in [0.15, 0.2) is 51.4 Å². The minimum atomic E-state index is -0.911. The summed E-state index contributed by atoms with van der Waals surface area (Å²) in [5.74, 6) is -0.124. The minimum Gasteiger partial charge on any atom is -0.436 e. The second-order valence-corrected chi connectivity index (χ2v) is 15.6. The SMILES string of the molecule is O=C(OC(Cc1ccc(Br)c(Br)c1)C(=O)N1CCN(C2CCN(C3CC3)CC2)CC1)N1CCC(N2CCc3ccccc3NC2=O)CC1. The van der Waals surface area contributed by atoms with E-state index in [1.54, 1.807) is 4.90 Å². The Morgan fingerprint density at radius 3 is 2.12 bits per heavy atom. The number of piperidine rings is 2. The van der Waals surface area contributed by atoms with Gasteiger partial charge in [-0.3, -0.25) is 9.69 Å². The zero-order chi connectivity index (χ0) is 33.2. The Bertz CT molecular complexity index is 1480. The standard InChI is InChI=1S/C36H46Br2N6O4/c37-30-8-5-25(23-31(30)38)24-33(34(45)42-21-19-41(20-22-42)28-10-14-40(15-11-28)27-6-7-27)48-36(47)43-16-12-29(13-17-43)44-18-9-26-3-1-2-4-32(26)39-35(44)46/h1-5,8,23,27-29,33H,6-7,9-22,24H2,(H,39,46). The van der Waals surface area contributed by atoms with E-state index in [0.29, 0.717) is 58.0 Å². The van der Waals surface area contributed by atoms with E-state index in [1.807, 2.05) is 46.2 Å². The Labute approximate surface area is 300 Å². The molecule has 1 saturated carbocycles. The topological polar surface area (TPSA) is 88.7 Å². The first-order valence-electron chi connectivity index (χ1n) is 17.6. The number of para-hydroxylation sites is 1. The van der Waals surface area contributed by atoms with E-state index in [1.165, 1.54) is 38.8 Å². The van der Waals surface area contributed by atoms with Crippen molar-refractivity contribution in [2.45, 2.75) is 75.6 Å². The Balaban J connectivity index is 0.951. The van der Waals surface area contributed by atoms with Gasteiger partial charge in [0.05, 0.1) is 0 Å². The number of carbonyl (C=O) groups excluding carboxylic acids is 3. The number of nitrogens with one attached hydrogen (secondary N) is 1. The molecule has 4 aliphatic heterocycles. The molecule has 4 fully saturated rings. The average molecular weight is 787 g/mol. The van der Waals surface area contributed by atoms with Crippen LogP contribution in [0.25, 0.3) is 0 Å². The third-order valence-electron chi connectivity index (χ3n) is 10.9. The number of halogens is 2. The number of carbonyl (C=O) groups is 3. The molecule has 4 heterocycles. The smallest absolute Gasteiger partial charge is 0.410 e. The summed E-state index contributed by atoms with van der Waals surface area (Å²) in [6.07, 6.45) is 6.19. The van der Waals surface area contributed by atoms with Crippen molar-refractivity contribution < 1.29 is 19.1 Å². The third kappa shape index (κ3) is 7.87. The maximum Gasteiger partial charge on any atom is 0.410 e. The Hall–Kier alpha value is -2.67. The van der Waals surface area contributed by atoms with Crippen LogP contribution in [0, 0.1) is 0 Å². The van der Waals surface area contributed by atoms with Gasteiger partial charge in [0.25, 0.3) is 5.91 Å². The molecule has 0 spiro atoms. The second kappa shape index (κ2) is 15.1. The highest BCUT2D eigenvalue weighted by molar-refractivity contribution is 9.13. The van der Waals surface area contributed by atoms with Gasteiger partial charge in [0.15, 0.2) is 6.10 Å². The summed E-state index contributed by atoms with van der Waals surface area (Å²) in [5, 5.41) is 3.06. The molecule has 10 nitrogen and oxygen atoms in total. The number of urea groups is 1. The predicted octanol–water partition coefficient (Wildman–Crippen LogP) is 5.58. The summed E-state index contributed by atoms with van der Waals surface area (Å²) >= 11 is 7.11. The van der Waals surface area contributed by atoms with E-state index < -0.39 is 12.2 Å². The number of fused-ring (bicyclic) bond motifs is 1. The predicted molar refractivity (Wildman–Crippen MR) is 192 cm³/mol. The van der Waals surface area contributed by atoms with Crippen molar-refractivity contribution in [3.8, 4) is 0 Å². The highest BCUT2D eigenvalue weighted by atomic mass is 79.9. The number of hydrogen-bond donors (Lipinski definition) is 1. The van der Waals surface area contributed by atoms with Crippen LogP contribution in [0.4, 0.5) is 15.3 Å². The molecule has 1 aliphatic carbocycles. The minimum absolute atomic E-state index is 0.0400. The van der Waals surface area contributed by atoms with Crippen molar-refractivity contribution in [3.05, 3.63) is 62.5 Å². The zero-order valence-corrected chi connectivity index (χ0v) is 30.7. The summed E-state index contributed by atoms with van der Waals surface area (Å²) in [4.78, 5) is 51.5. The van der Waals surface area contributed by atoms with E-state index >= 15 is 0 Å². The molecule has 5 aliphatic rings. The first-order chi connectivity index (χ1) is 23.3. The highest BCUT2D eigenvalue weighted by Gasteiger charge is 2.37. The quantitative estimate of drug-likeness (QED) is 0.395. The number of likely N-dealkylation sites (tertiary alicyclic amines) is 2. The van der Waals surface area contributed by atoms with E-state index in [4.69, 9.17) is 4.74 Å². The zero-order valence-electron chi connectivity index (χ0n) is 27.5. The summed E-state index contributed by atoms with van der Waals surface area (Å²) < 4.78 is 7.90. The van der Waals surface area contributed by atoms with Crippen LogP contribution in [0.1, 0.15) is 49.7 Å². The van der Waals surface area contributed by atoms with Crippen molar-refractivity contribution in [1.82, 2.24) is 24.5 Å². The maximum atomic E-state index is 14.0. The van der Waals surface area contributed by atoms with Gasteiger partial charge in [-0.2, -0.15) is 0 Å². The molecule has 7 rings (SSSR count). The van der Waals surface area contributed by atoms with Gasteiger partial charge in [0, 0.05) is 85.0 Å². The highest BCUT2D eigenvalue weighted by Crippen LogP contribution is 2.31. The van der Waals surface area contributed by atoms with Gasteiger partial charge in [0.1, 0.15) is 0 Å². The van der Waals surface area contributed by atoms with Crippen molar-refractivity contribution in [1.29, 1.82) is 0 Å². The lowest BCUT2D eigenvalue weighted by atomic mass is 10.0. The summed E-state index contributed by atoms with van der Waals surface area (Å²) in [6.45, 7) is 6.97. The molecule has 3 saturated heterocycles. The molecule has 1 unspecified atom stereocenters. The van der Waals surface area contributed by atoms with Crippen LogP contribution in [0.3, 0.4) is 0 Å². The lowest BCUT2D eigenvalue weighted by molar-refractivity contribution is -0.143. The Morgan fingerprint density at radius 1 is 0.750 bits per heavy atom. The molecule has 12 heteroatoms. The fourth-order valence-corrected chi connectivity index (χ4v) is 8.59. The molecule has 2 aromatic carbocycles. The van der Waals surface area contributed by atoms with Crippen LogP contribution in [0.2, 0.25) is 0 Å². The Kier molecular flexibility index (Phi) is 10.6. The number of nitrogens with zero attached hydrogens (tertiary/aromatic N) is 5. The fraction of sp³-hybridized carbons (Fsp3) is 0.583. The van der Waals surface area contributed by atoms with E-state index in [-0.39, 0.29) is 18.0 Å². The molecular formula is C36H46Br2N6O4. The maximum absolute atomic E-state index is 14.0. The number of ether oxygens (including phenoxy) is 1. The summed E-state index contributed by atoms with van der Waals surface area (Å²) in [7, 11) is 0. The molecule has 1 N–H and O–H groups in total. The largest absolute Gasteiger partial charge is 0.436 e. The number of amides is 4. The first-order valence-corrected chi connectivity index (χ1v) is 19.2. The van der Waals surface area contributed by atoms with E-state index in [9.17, 15) is 14.4 Å². The molecule has 48 heavy (non-hydrogen) atoms. The van der Waals surface area contributed by atoms with Gasteiger partial charge in [-0.25, -0.2) is 9.59 Å². The lowest BCUT2D eigenvalue weighted by Crippen LogP contribution is -2.56. The second-order valence-electron chi connectivity index (χ2n) is 13.9. The van der Waals surface area contributed by atoms with Gasteiger partial charge in [0.2, 0.25) is 0 Å².